The van der Waals surface area contributed by atoms with E-state index in [1.165, 1.54) is 0 Å². The number of hydrogen-bond donors (Lipinski definition) is 0. The van der Waals surface area contributed by atoms with Gasteiger partial charge in [0.15, 0.2) is 0 Å². The monoisotopic (exact) mass is 382 g/mol. The van der Waals surface area contributed by atoms with Crippen LogP contribution in [0.2, 0.25) is 6.32 Å². The van der Waals surface area contributed by atoms with Gasteiger partial charge in [-0.05, 0) is 33.7 Å². The summed E-state index contributed by atoms with van der Waals surface area (Å²) >= 11 is 0. The normalized spacial score (nSPS) is 24.7. The summed E-state index contributed by atoms with van der Waals surface area (Å²) < 4.78 is 29.9. The molecule has 3 saturated heterocycles. The summed E-state index contributed by atoms with van der Waals surface area (Å²) in [6.45, 7) is 15.9. The Bertz CT molecular complexity index is 731. The zero-order chi connectivity index (χ0) is 19.9. The molecule has 1 aromatic carbocycles. The first-order chi connectivity index (χ1) is 13.2. The summed E-state index contributed by atoms with van der Waals surface area (Å²) in [6.07, 6.45) is 0.985. The van der Waals surface area contributed by atoms with Crippen molar-refractivity contribution in [2.45, 2.75) is 34.0 Å². The van der Waals surface area contributed by atoms with Crippen LogP contribution in [0.25, 0.3) is 0 Å². The number of rotatable bonds is 3. The molecule has 3 heterocycles. The van der Waals surface area contributed by atoms with E-state index >= 15 is 0 Å². The highest BCUT2D eigenvalue weighted by Gasteiger charge is 2.39. The van der Waals surface area contributed by atoms with Crippen molar-refractivity contribution in [1.29, 1.82) is 0 Å². The molecular weight excluding hydrogens is 353 g/mol. The molecule has 0 aromatic heterocycles. The maximum Gasteiger partial charge on any atom is 0.494 e. The molecule has 0 amide bonds. The second-order valence-corrected chi connectivity index (χ2v) is 9.92. The van der Waals surface area contributed by atoms with Gasteiger partial charge in [0.2, 0.25) is 0 Å². The van der Waals surface area contributed by atoms with Gasteiger partial charge < -0.3 is 23.3 Å². The Kier molecular flexibility index (Phi) is 5.53. The first-order valence-electron chi connectivity index (χ1n) is 10.1. The van der Waals surface area contributed by atoms with Gasteiger partial charge in [-0.3, -0.25) is 0 Å². The standard InChI is InChI=1S/C20H29B3O5/c1-15-9-24-22(25-10-15)17-6-16(21-11-19(2,3)12-26-21)7-18(8-17)23-27-13-20(4,5)14-28-23/h6-8H,1,9-14H2,2-5H3. The maximum absolute atomic E-state index is 6.11. The molecule has 3 fully saturated rings. The Balaban J connectivity index is 1.62. The second kappa shape index (κ2) is 7.65. The average Bonchev–Trinajstić information content (AvgIpc) is 3.02. The van der Waals surface area contributed by atoms with E-state index in [2.05, 4.69) is 52.5 Å². The van der Waals surface area contributed by atoms with Crippen molar-refractivity contribution in [2.75, 3.05) is 33.0 Å². The lowest BCUT2D eigenvalue weighted by Gasteiger charge is -2.33. The smallest absolute Gasteiger partial charge is 0.430 e. The molecule has 4 rings (SSSR count). The van der Waals surface area contributed by atoms with Gasteiger partial charge in [-0.2, -0.15) is 0 Å². The van der Waals surface area contributed by atoms with Crippen molar-refractivity contribution in [3.63, 3.8) is 0 Å². The fraction of sp³-hybridized carbons (Fsp3) is 0.600. The van der Waals surface area contributed by atoms with E-state index in [1.54, 1.807) is 0 Å². The van der Waals surface area contributed by atoms with Crippen molar-refractivity contribution in [3.8, 4) is 0 Å². The first-order valence-corrected chi connectivity index (χ1v) is 10.1. The van der Waals surface area contributed by atoms with Crippen LogP contribution in [0.15, 0.2) is 30.4 Å². The van der Waals surface area contributed by atoms with Gasteiger partial charge in [-0.15, -0.1) is 0 Å². The molecule has 0 unspecified atom stereocenters. The molecule has 28 heavy (non-hydrogen) atoms. The third-order valence-electron chi connectivity index (χ3n) is 5.46. The van der Waals surface area contributed by atoms with Crippen molar-refractivity contribution >= 4 is 37.5 Å². The van der Waals surface area contributed by atoms with Crippen molar-refractivity contribution in [3.05, 3.63) is 30.4 Å². The van der Waals surface area contributed by atoms with Gasteiger partial charge in [0.05, 0.1) is 13.2 Å². The lowest BCUT2D eigenvalue weighted by atomic mass is 9.53. The molecule has 0 radical (unpaired) electrons. The molecule has 3 aliphatic heterocycles. The molecule has 0 bridgehead atoms. The lowest BCUT2D eigenvalue weighted by molar-refractivity contribution is 0.0343. The zero-order valence-corrected chi connectivity index (χ0v) is 17.5. The molecule has 148 valence electrons. The van der Waals surface area contributed by atoms with E-state index in [1.807, 2.05) is 0 Å². The van der Waals surface area contributed by atoms with Crippen LogP contribution in [0.5, 0.6) is 0 Å². The predicted octanol–water partition coefficient (Wildman–Crippen LogP) is 1.01. The minimum absolute atomic E-state index is 0.0332. The third kappa shape index (κ3) is 4.57. The summed E-state index contributed by atoms with van der Waals surface area (Å²) in [4.78, 5) is 0. The minimum atomic E-state index is -0.404. The van der Waals surface area contributed by atoms with E-state index in [4.69, 9.17) is 23.3 Å². The van der Waals surface area contributed by atoms with E-state index in [0.29, 0.717) is 26.4 Å². The Morgan fingerprint density at radius 2 is 1.21 bits per heavy atom. The van der Waals surface area contributed by atoms with Gasteiger partial charge in [-0.1, -0.05) is 52.5 Å². The molecule has 8 heteroatoms. The van der Waals surface area contributed by atoms with Crippen molar-refractivity contribution < 1.29 is 23.3 Å². The first kappa shape index (κ1) is 20.2. The quantitative estimate of drug-likeness (QED) is 0.577. The predicted molar refractivity (Wildman–Crippen MR) is 114 cm³/mol. The highest BCUT2D eigenvalue weighted by atomic mass is 16.6. The van der Waals surface area contributed by atoms with Crippen LogP contribution >= 0.6 is 0 Å². The molecule has 0 N–H and O–H groups in total. The Morgan fingerprint density at radius 3 is 1.75 bits per heavy atom. The van der Waals surface area contributed by atoms with E-state index in [9.17, 15) is 0 Å². The summed E-state index contributed by atoms with van der Waals surface area (Å²) in [5, 5.41) is 0. The highest BCUT2D eigenvalue weighted by Crippen LogP contribution is 2.30. The summed E-state index contributed by atoms with van der Waals surface area (Å²) in [5.74, 6) is 0. The molecule has 0 saturated carbocycles. The Morgan fingerprint density at radius 1 is 0.714 bits per heavy atom. The van der Waals surface area contributed by atoms with E-state index in [-0.39, 0.29) is 24.9 Å². The lowest BCUT2D eigenvalue weighted by Crippen LogP contribution is -2.52. The average molecular weight is 382 g/mol. The fourth-order valence-electron chi connectivity index (χ4n) is 3.87. The zero-order valence-electron chi connectivity index (χ0n) is 17.5. The van der Waals surface area contributed by atoms with Crippen LogP contribution < -0.4 is 16.4 Å². The SMILES string of the molecule is C=C1COB(c2cc(B3CC(C)(C)CO3)cc(B3OCC(C)(C)CO3)c2)OC1. The molecule has 1 aromatic rings. The third-order valence-corrected chi connectivity index (χ3v) is 5.46. The fourth-order valence-corrected chi connectivity index (χ4v) is 3.87. The largest absolute Gasteiger partial charge is 0.494 e. The summed E-state index contributed by atoms with van der Waals surface area (Å²) in [7, 11) is -0.779. The molecule has 0 spiro atoms. The van der Waals surface area contributed by atoms with Gasteiger partial charge in [-0.25, -0.2) is 0 Å². The summed E-state index contributed by atoms with van der Waals surface area (Å²) in [5.41, 5.74) is 4.27. The van der Waals surface area contributed by atoms with Crippen molar-refractivity contribution in [2.24, 2.45) is 10.8 Å². The maximum atomic E-state index is 6.11. The Labute approximate surface area is 169 Å². The molecular formula is C20H29B3O5. The second-order valence-electron chi connectivity index (χ2n) is 9.92. The van der Waals surface area contributed by atoms with Gasteiger partial charge >= 0.3 is 21.2 Å². The topological polar surface area (TPSA) is 46.2 Å². The minimum Gasteiger partial charge on any atom is -0.430 e. The number of benzene rings is 1. The highest BCUT2D eigenvalue weighted by molar-refractivity contribution is 6.72. The molecule has 0 atom stereocenters. The van der Waals surface area contributed by atoms with Gasteiger partial charge in [0.25, 0.3) is 0 Å². The Hall–Kier alpha value is -1.05. The number of hydrogen-bond acceptors (Lipinski definition) is 5. The van der Waals surface area contributed by atoms with Gasteiger partial charge in [0.1, 0.15) is 0 Å². The summed E-state index contributed by atoms with van der Waals surface area (Å²) in [6, 6.07) is 6.37. The molecule has 3 aliphatic rings. The van der Waals surface area contributed by atoms with Crippen LogP contribution in [0, 0.1) is 10.8 Å². The van der Waals surface area contributed by atoms with E-state index in [0.717, 1.165) is 34.9 Å². The molecule has 0 aliphatic carbocycles. The van der Waals surface area contributed by atoms with Crippen molar-refractivity contribution in [1.82, 2.24) is 0 Å². The van der Waals surface area contributed by atoms with Crippen LogP contribution in [0.1, 0.15) is 27.7 Å². The van der Waals surface area contributed by atoms with Crippen LogP contribution in [0.3, 0.4) is 0 Å². The van der Waals surface area contributed by atoms with Gasteiger partial charge in [0, 0.05) is 25.2 Å². The van der Waals surface area contributed by atoms with E-state index < -0.39 is 7.12 Å². The van der Waals surface area contributed by atoms with Crippen LogP contribution in [0.4, 0.5) is 0 Å². The van der Waals surface area contributed by atoms with Crippen LogP contribution in [-0.4, -0.2) is 54.2 Å². The van der Waals surface area contributed by atoms with Crippen LogP contribution in [-0.2, 0) is 23.3 Å². The molecule has 5 nitrogen and oxygen atoms in total.